The molecule has 1 atom stereocenters. The first kappa shape index (κ1) is 17.2. The van der Waals surface area contributed by atoms with E-state index in [4.69, 9.17) is 12.2 Å². The Morgan fingerprint density at radius 2 is 2.05 bits per heavy atom. The molecule has 0 radical (unpaired) electrons. The van der Waals surface area contributed by atoms with E-state index in [9.17, 15) is 4.79 Å². The summed E-state index contributed by atoms with van der Waals surface area (Å²) in [4.78, 5) is 12.0. The summed E-state index contributed by atoms with van der Waals surface area (Å²) in [7, 11) is 0. The molecule has 0 fully saturated rings. The number of hydrogen-bond donors (Lipinski definition) is 1. The van der Waals surface area contributed by atoms with Gasteiger partial charge in [0.05, 0.1) is 10.9 Å². The number of carbonyl (C=O) groups excluding carboxylic acids is 1. The molecule has 0 aliphatic heterocycles. The van der Waals surface area contributed by atoms with Crippen LogP contribution in [0.4, 0.5) is 0 Å². The number of amides is 1. The Morgan fingerprint density at radius 1 is 1.36 bits per heavy atom. The standard InChI is InChI=1S/C15H19N3OS3/c1-10(2)9-16-13(19)11(3)21-14-17-18(15(20)22-14)12-7-5-4-6-8-12/h4-8,10-11H,9H2,1-3H3,(H,16,19)/t11-/m0/s1. The summed E-state index contributed by atoms with van der Waals surface area (Å²) in [6.45, 7) is 6.73. The molecule has 0 saturated heterocycles. The van der Waals surface area contributed by atoms with Crippen molar-refractivity contribution < 1.29 is 4.79 Å². The number of para-hydroxylation sites is 1. The fraction of sp³-hybridized carbons (Fsp3) is 0.400. The van der Waals surface area contributed by atoms with Crippen LogP contribution in [0, 0.1) is 9.87 Å². The Balaban J connectivity index is 2.05. The molecule has 0 aliphatic rings. The maximum Gasteiger partial charge on any atom is 0.233 e. The number of carbonyl (C=O) groups is 1. The van der Waals surface area contributed by atoms with Crippen molar-refractivity contribution in [3.63, 3.8) is 0 Å². The van der Waals surface area contributed by atoms with Crippen LogP contribution in [0.25, 0.3) is 5.69 Å². The normalized spacial score (nSPS) is 12.4. The van der Waals surface area contributed by atoms with Crippen LogP contribution in [0.1, 0.15) is 20.8 Å². The highest BCUT2D eigenvalue weighted by atomic mass is 32.2. The number of hydrogen-bond acceptors (Lipinski definition) is 5. The zero-order valence-corrected chi connectivity index (χ0v) is 15.2. The zero-order chi connectivity index (χ0) is 16.1. The molecule has 0 unspecified atom stereocenters. The molecule has 0 bridgehead atoms. The van der Waals surface area contributed by atoms with E-state index >= 15 is 0 Å². The van der Waals surface area contributed by atoms with Gasteiger partial charge in [0.1, 0.15) is 0 Å². The lowest BCUT2D eigenvalue weighted by atomic mass is 10.2. The molecule has 0 spiro atoms. The first-order valence-electron chi connectivity index (χ1n) is 7.07. The van der Waals surface area contributed by atoms with E-state index in [0.29, 0.717) is 16.4 Å². The van der Waals surface area contributed by atoms with Gasteiger partial charge < -0.3 is 5.32 Å². The van der Waals surface area contributed by atoms with Crippen LogP contribution >= 0.6 is 35.3 Å². The summed E-state index contributed by atoms with van der Waals surface area (Å²) in [5.74, 6) is 0.478. The molecule has 1 aromatic heterocycles. The van der Waals surface area contributed by atoms with Crippen molar-refractivity contribution in [2.24, 2.45) is 5.92 Å². The summed E-state index contributed by atoms with van der Waals surface area (Å²) in [6.07, 6.45) is 0. The van der Waals surface area contributed by atoms with Gasteiger partial charge in [-0.2, -0.15) is 0 Å². The highest BCUT2D eigenvalue weighted by Gasteiger charge is 2.17. The van der Waals surface area contributed by atoms with Gasteiger partial charge in [-0.15, -0.1) is 5.10 Å². The van der Waals surface area contributed by atoms with Gasteiger partial charge in [0.25, 0.3) is 0 Å². The Labute approximate surface area is 143 Å². The molecular weight excluding hydrogens is 334 g/mol. The van der Waals surface area contributed by atoms with Crippen molar-refractivity contribution in [1.29, 1.82) is 0 Å². The third kappa shape index (κ3) is 4.66. The average Bonchev–Trinajstić information content (AvgIpc) is 2.86. The average molecular weight is 354 g/mol. The van der Waals surface area contributed by atoms with E-state index in [1.54, 1.807) is 4.68 Å². The van der Waals surface area contributed by atoms with E-state index in [1.165, 1.54) is 23.1 Å². The van der Waals surface area contributed by atoms with Crippen LogP contribution in [0.15, 0.2) is 34.7 Å². The second-order valence-corrected chi connectivity index (χ2v) is 8.49. The summed E-state index contributed by atoms with van der Waals surface area (Å²) in [5, 5.41) is 7.26. The molecule has 2 rings (SSSR count). The van der Waals surface area contributed by atoms with Crippen molar-refractivity contribution in [2.45, 2.75) is 30.4 Å². The fourth-order valence-corrected chi connectivity index (χ4v) is 4.22. The number of thioether (sulfide) groups is 1. The topological polar surface area (TPSA) is 46.9 Å². The third-order valence-electron chi connectivity index (χ3n) is 2.86. The van der Waals surface area contributed by atoms with Gasteiger partial charge in [0, 0.05) is 6.54 Å². The summed E-state index contributed by atoms with van der Waals surface area (Å²) >= 11 is 8.23. The minimum absolute atomic E-state index is 0.0334. The molecule has 1 aromatic carbocycles. The second-order valence-electron chi connectivity index (χ2n) is 5.28. The minimum Gasteiger partial charge on any atom is -0.355 e. The number of aromatic nitrogens is 2. The Hall–Kier alpha value is -1.18. The Kier molecular flexibility index (Phi) is 6.16. The first-order chi connectivity index (χ1) is 10.5. The molecule has 1 N–H and O–H groups in total. The molecule has 1 amide bonds. The molecular formula is C15H19N3OS3. The van der Waals surface area contributed by atoms with Crippen LogP contribution in [0.5, 0.6) is 0 Å². The number of benzene rings is 1. The van der Waals surface area contributed by atoms with E-state index in [0.717, 1.165) is 10.0 Å². The third-order valence-corrected chi connectivity index (χ3v) is 5.28. The summed E-state index contributed by atoms with van der Waals surface area (Å²) in [5.41, 5.74) is 0.938. The van der Waals surface area contributed by atoms with Crippen LogP contribution in [-0.2, 0) is 4.79 Å². The SMILES string of the molecule is CC(C)CNC(=O)[C@H](C)Sc1nn(-c2ccccc2)c(=S)s1. The molecule has 118 valence electrons. The smallest absolute Gasteiger partial charge is 0.233 e. The molecule has 1 heterocycles. The quantitative estimate of drug-likeness (QED) is 0.632. The van der Waals surface area contributed by atoms with Gasteiger partial charge in [-0.25, -0.2) is 4.68 Å². The molecule has 2 aromatic rings. The van der Waals surface area contributed by atoms with Crippen molar-refractivity contribution in [2.75, 3.05) is 6.54 Å². The van der Waals surface area contributed by atoms with Crippen molar-refractivity contribution in [3.05, 3.63) is 34.3 Å². The van der Waals surface area contributed by atoms with Crippen LogP contribution in [-0.4, -0.2) is 27.5 Å². The molecule has 22 heavy (non-hydrogen) atoms. The van der Waals surface area contributed by atoms with Gasteiger partial charge in [-0.1, -0.05) is 55.1 Å². The highest BCUT2D eigenvalue weighted by molar-refractivity contribution is 8.02. The summed E-state index contributed by atoms with van der Waals surface area (Å²) in [6, 6.07) is 9.78. The van der Waals surface area contributed by atoms with E-state index < -0.39 is 0 Å². The second kappa shape index (κ2) is 7.89. The van der Waals surface area contributed by atoms with Crippen molar-refractivity contribution in [3.8, 4) is 5.69 Å². The largest absolute Gasteiger partial charge is 0.355 e. The summed E-state index contributed by atoms with van der Waals surface area (Å²) < 4.78 is 3.23. The van der Waals surface area contributed by atoms with Crippen LogP contribution in [0.3, 0.4) is 0 Å². The predicted molar refractivity (Wildman–Crippen MR) is 95.4 cm³/mol. The first-order valence-corrected chi connectivity index (χ1v) is 9.17. The Morgan fingerprint density at radius 3 is 2.68 bits per heavy atom. The van der Waals surface area contributed by atoms with Gasteiger partial charge in [0.15, 0.2) is 8.29 Å². The Bertz CT molecular complexity index is 679. The van der Waals surface area contributed by atoms with Gasteiger partial charge in [0.2, 0.25) is 5.91 Å². The number of rotatable bonds is 6. The molecule has 0 saturated carbocycles. The fourth-order valence-electron chi connectivity index (χ4n) is 1.69. The highest BCUT2D eigenvalue weighted by Crippen LogP contribution is 2.27. The lowest BCUT2D eigenvalue weighted by Crippen LogP contribution is -2.33. The maximum atomic E-state index is 12.0. The van der Waals surface area contributed by atoms with Gasteiger partial charge in [-0.05, 0) is 37.2 Å². The molecule has 4 nitrogen and oxygen atoms in total. The zero-order valence-electron chi connectivity index (χ0n) is 12.8. The van der Waals surface area contributed by atoms with E-state index in [-0.39, 0.29) is 11.2 Å². The van der Waals surface area contributed by atoms with Crippen molar-refractivity contribution >= 4 is 41.2 Å². The van der Waals surface area contributed by atoms with E-state index in [1.807, 2.05) is 37.3 Å². The van der Waals surface area contributed by atoms with Gasteiger partial charge >= 0.3 is 0 Å². The van der Waals surface area contributed by atoms with E-state index in [2.05, 4.69) is 24.3 Å². The maximum absolute atomic E-state index is 12.0. The monoisotopic (exact) mass is 353 g/mol. The number of nitrogens with one attached hydrogen (secondary N) is 1. The van der Waals surface area contributed by atoms with Crippen molar-refractivity contribution in [1.82, 2.24) is 15.1 Å². The van der Waals surface area contributed by atoms with Crippen LogP contribution < -0.4 is 5.32 Å². The van der Waals surface area contributed by atoms with Gasteiger partial charge in [-0.3, -0.25) is 4.79 Å². The molecule has 0 aliphatic carbocycles. The van der Waals surface area contributed by atoms with Crippen LogP contribution in [0.2, 0.25) is 0 Å². The lowest BCUT2D eigenvalue weighted by Gasteiger charge is -2.11. The number of nitrogens with zero attached hydrogens (tertiary/aromatic N) is 2. The lowest BCUT2D eigenvalue weighted by molar-refractivity contribution is -0.120. The predicted octanol–water partition coefficient (Wildman–Crippen LogP) is 3.92. The minimum atomic E-state index is -0.191. The molecule has 7 heteroatoms.